The number of rotatable bonds is 12. The second-order valence-electron chi connectivity index (χ2n) is 6.59. The quantitative estimate of drug-likeness (QED) is 0.171. The second kappa shape index (κ2) is 53.5. The zero-order chi connectivity index (χ0) is 28.2. The molecule has 0 saturated heterocycles. The molecular weight excluding hydrogens is 926 g/mol. The molecule has 0 nitrogen and oxygen atoms in total. The van der Waals surface area contributed by atoms with E-state index in [0.717, 1.165) is 0 Å². The number of halogens is 4. The van der Waals surface area contributed by atoms with E-state index in [9.17, 15) is 0 Å². The molecule has 0 bridgehead atoms. The van der Waals surface area contributed by atoms with Gasteiger partial charge in [0.05, 0.1) is 0 Å². The fourth-order valence-corrected chi connectivity index (χ4v) is 8.05. The Morgan fingerprint density at radius 1 is 0.294 bits per heavy atom. The van der Waals surface area contributed by atoms with Crippen molar-refractivity contribution >= 4 is 69.8 Å². The summed E-state index contributed by atoms with van der Waals surface area (Å²) in [6.45, 7) is 27.5. The van der Waals surface area contributed by atoms with Crippen LogP contribution < -0.4 is 0 Å². The Hall–Kier alpha value is 4.20. The first-order valence-electron chi connectivity index (χ1n) is 12.9. The van der Waals surface area contributed by atoms with Gasteiger partial charge in [-0.15, -0.1) is 31.7 Å². The van der Waals surface area contributed by atoms with Crippen molar-refractivity contribution < 1.29 is 31.9 Å². The molecule has 10 heteroatoms. The zero-order valence-corrected chi connectivity index (χ0v) is 36.6. The third kappa shape index (κ3) is 56.4. The predicted octanol–water partition coefficient (Wildman–Crippen LogP) is 12.9. The standard InChI is InChI=1S/4C6H15P.4ClH.2Re/c4*1-4-7(5-2)6-3;;;;;;/h4*4-6H2,1-3H3;4*1H;;/q;;;;;;;;2*+2/p-4. The van der Waals surface area contributed by atoms with Crippen LogP contribution in [0.25, 0.3) is 0 Å². The van der Waals surface area contributed by atoms with E-state index in [-0.39, 0.29) is 0 Å². The Labute approximate surface area is 256 Å². The van der Waals surface area contributed by atoms with Gasteiger partial charge in [-0.25, -0.2) is 0 Å². The van der Waals surface area contributed by atoms with Gasteiger partial charge in [0.1, 0.15) is 0 Å². The van der Waals surface area contributed by atoms with Gasteiger partial charge in [0, 0.05) is 0 Å². The normalized spacial score (nSPS) is 9.53. The van der Waals surface area contributed by atoms with Crippen molar-refractivity contribution in [1.29, 1.82) is 0 Å². The second-order valence-corrected chi connectivity index (χ2v) is 27.4. The Kier molecular flexibility index (Phi) is 80.2. The predicted molar refractivity (Wildman–Crippen MR) is 178 cm³/mol. The molecule has 0 fully saturated rings. The van der Waals surface area contributed by atoms with Crippen LogP contribution in [-0.4, -0.2) is 73.9 Å². The molecule has 0 radical (unpaired) electrons. The molecule has 0 aliphatic heterocycles. The van der Waals surface area contributed by atoms with E-state index in [1.165, 1.54) is 73.9 Å². The fraction of sp³-hybridized carbons (Fsp3) is 1.00. The molecule has 0 aliphatic carbocycles. The topological polar surface area (TPSA) is 0 Å². The van der Waals surface area contributed by atoms with E-state index in [4.69, 9.17) is 38.1 Å². The van der Waals surface area contributed by atoms with Crippen molar-refractivity contribution in [3.05, 3.63) is 0 Å². The van der Waals surface area contributed by atoms with Gasteiger partial charge in [-0.2, -0.15) is 0 Å². The number of hydrogen-bond acceptors (Lipinski definition) is 0. The average molecular weight is 987 g/mol. The van der Waals surface area contributed by atoms with Crippen molar-refractivity contribution in [2.24, 2.45) is 0 Å². The van der Waals surface area contributed by atoms with Crippen LogP contribution in [0.2, 0.25) is 0 Å². The van der Waals surface area contributed by atoms with Crippen LogP contribution in [0.5, 0.6) is 0 Å². The van der Waals surface area contributed by atoms with Crippen LogP contribution in [-0.2, 0) is 31.9 Å². The first kappa shape index (κ1) is 51.0. The maximum absolute atomic E-state index is 4.92. The van der Waals surface area contributed by atoms with Crippen LogP contribution in [0.4, 0.5) is 0 Å². The summed E-state index contributed by atoms with van der Waals surface area (Å²) in [6, 6.07) is 0. The summed E-state index contributed by atoms with van der Waals surface area (Å²) < 4.78 is 0. The van der Waals surface area contributed by atoms with Gasteiger partial charge in [-0.1, -0.05) is 83.1 Å². The minimum absolute atomic E-state index is 0.446. The molecule has 218 valence electrons. The molecule has 0 spiro atoms. The summed E-state index contributed by atoms with van der Waals surface area (Å²) in [7, 11) is 21.5. The zero-order valence-electron chi connectivity index (χ0n) is 24.5. The van der Waals surface area contributed by atoms with E-state index in [0.29, 0.717) is 31.7 Å². The van der Waals surface area contributed by atoms with E-state index in [1.54, 1.807) is 0 Å². The summed E-state index contributed by atoms with van der Waals surface area (Å²) in [5.74, 6) is 0. The van der Waals surface area contributed by atoms with Crippen molar-refractivity contribution in [3.8, 4) is 0 Å². The monoisotopic (exact) mass is 986 g/mol. The number of hydrogen-bond donors (Lipinski definition) is 0. The van der Waals surface area contributed by atoms with Crippen molar-refractivity contribution in [2.45, 2.75) is 83.1 Å². The van der Waals surface area contributed by atoms with Gasteiger partial charge in [0.15, 0.2) is 0 Å². The summed E-state index contributed by atoms with van der Waals surface area (Å²) in [5.41, 5.74) is 0. The van der Waals surface area contributed by atoms with Gasteiger partial charge < -0.3 is 0 Å². The Balaban J connectivity index is -0.0000000713. The van der Waals surface area contributed by atoms with Gasteiger partial charge in [0.25, 0.3) is 0 Å². The molecule has 0 saturated carbocycles. The molecular formula is C24H60Cl4P4Re2. The van der Waals surface area contributed by atoms with E-state index < -0.39 is 31.9 Å². The summed E-state index contributed by atoms with van der Waals surface area (Å²) in [5, 5.41) is 0. The maximum atomic E-state index is 4.92. The molecule has 0 N–H and O–H groups in total. The van der Waals surface area contributed by atoms with Crippen molar-refractivity contribution in [3.63, 3.8) is 0 Å². The average Bonchev–Trinajstić information content (AvgIpc) is 2.86. The van der Waals surface area contributed by atoms with Gasteiger partial charge in [0.2, 0.25) is 0 Å². The molecule has 0 rings (SSSR count). The molecule has 0 aromatic heterocycles. The first-order valence-corrected chi connectivity index (χ1v) is 33.9. The van der Waals surface area contributed by atoms with Crippen molar-refractivity contribution in [2.75, 3.05) is 73.9 Å². The van der Waals surface area contributed by atoms with Gasteiger partial charge >= 0.3 is 70.0 Å². The fourth-order valence-electron chi connectivity index (χ4n) is 2.68. The van der Waals surface area contributed by atoms with Crippen LogP contribution in [0.3, 0.4) is 0 Å². The molecule has 0 heterocycles. The Morgan fingerprint density at radius 3 is 0.353 bits per heavy atom. The third-order valence-electron chi connectivity index (χ3n) is 5.37. The molecule has 0 unspecified atom stereocenters. The summed E-state index contributed by atoms with van der Waals surface area (Å²) in [4.78, 5) is 0. The molecule has 0 amide bonds. The molecule has 0 aliphatic rings. The van der Waals surface area contributed by atoms with E-state index >= 15 is 0 Å². The van der Waals surface area contributed by atoms with Crippen molar-refractivity contribution in [1.82, 2.24) is 0 Å². The van der Waals surface area contributed by atoms with E-state index in [1.807, 2.05) is 0 Å². The first-order chi connectivity index (χ1) is 16.2. The molecule has 0 atom stereocenters. The van der Waals surface area contributed by atoms with Gasteiger partial charge in [-0.05, 0) is 73.9 Å². The minimum atomic E-state index is -0.722. The van der Waals surface area contributed by atoms with E-state index in [2.05, 4.69) is 83.1 Å². The molecule has 0 aromatic rings. The molecule has 34 heavy (non-hydrogen) atoms. The summed E-state index contributed by atoms with van der Waals surface area (Å²) in [6.07, 6.45) is 17.0. The Morgan fingerprint density at radius 2 is 0.353 bits per heavy atom. The Bertz CT molecular complexity index is 201. The molecule has 0 aromatic carbocycles. The summed E-state index contributed by atoms with van der Waals surface area (Å²) >= 11 is -1.44. The van der Waals surface area contributed by atoms with Crippen LogP contribution in [0.15, 0.2) is 0 Å². The van der Waals surface area contributed by atoms with Crippen LogP contribution in [0.1, 0.15) is 83.1 Å². The van der Waals surface area contributed by atoms with Gasteiger partial charge in [-0.3, -0.25) is 0 Å². The van der Waals surface area contributed by atoms with Crippen LogP contribution >= 0.6 is 69.8 Å². The third-order valence-corrected chi connectivity index (χ3v) is 16.1. The SMILES string of the molecule is CCP(CC)CC.CCP(CC)CC.CCP(CC)CC.CCP(CC)CC.[Cl][Re][Cl].[Cl][Re][Cl]. The van der Waals surface area contributed by atoms with Crippen LogP contribution in [0, 0.1) is 0 Å².